The number of likely N-dealkylation sites (tertiary alicyclic amines) is 2. The molecular weight excluding hydrogens is 240 g/mol. The van der Waals surface area contributed by atoms with Crippen LogP contribution in [-0.4, -0.2) is 47.3 Å². The van der Waals surface area contributed by atoms with Crippen LogP contribution in [0.15, 0.2) is 0 Å². The summed E-state index contributed by atoms with van der Waals surface area (Å²) >= 11 is 0. The van der Waals surface area contributed by atoms with Gasteiger partial charge in [-0.05, 0) is 26.2 Å². The van der Waals surface area contributed by atoms with Crippen LogP contribution in [0.2, 0.25) is 0 Å². The van der Waals surface area contributed by atoms with Crippen molar-refractivity contribution in [2.45, 2.75) is 58.4 Å². The van der Waals surface area contributed by atoms with Crippen molar-refractivity contribution in [1.82, 2.24) is 9.80 Å². The first-order chi connectivity index (χ1) is 9.13. The van der Waals surface area contributed by atoms with E-state index in [0.29, 0.717) is 13.0 Å². The van der Waals surface area contributed by atoms with Gasteiger partial charge in [-0.2, -0.15) is 0 Å². The third-order valence-corrected chi connectivity index (χ3v) is 4.55. The Bertz CT molecular complexity index is 335. The molecule has 2 aliphatic heterocycles. The van der Waals surface area contributed by atoms with E-state index in [2.05, 4.69) is 13.8 Å². The summed E-state index contributed by atoms with van der Waals surface area (Å²) in [6.45, 7) is 6.54. The molecule has 19 heavy (non-hydrogen) atoms. The maximum absolute atomic E-state index is 12.5. The topological polar surface area (TPSA) is 40.6 Å². The summed E-state index contributed by atoms with van der Waals surface area (Å²) in [6, 6.07) is 0.259. The highest BCUT2D eigenvalue weighted by Crippen LogP contribution is 2.24. The molecule has 4 heteroatoms. The van der Waals surface area contributed by atoms with E-state index in [-0.39, 0.29) is 23.8 Å². The smallest absolute Gasteiger partial charge is 0.227 e. The Morgan fingerprint density at radius 3 is 2.47 bits per heavy atom. The molecule has 2 heterocycles. The average molecular weight is 266 g/mol. The normalized spacial score (nSPS) is 26.4. The molecule has 2 atom stereocenters. The van der Waals surface area contributed by atoms with Gasteiger partial charge in [0.25, 0.3) is 0 Å². The van der Waals surface area contributed by atoms with Crippen molar-refractivity contribution >= 4 is 11.8 Å². The van der Waals surface area contributed by atoms with Crippen molar-refractivity contribution in [2.75, 3.05) is 19.6 Å². The van der Waals surface area contributed by atoms with Crippen LogP contribution in [0.1, 0.15) is 52.4 Å². The second kappa shape index (κ2) is 6.40. The maximum atomic E-state index is 12.5. The molecule has 2 saturated heterocycles. The molecule has 108 valence electrons. The lowest BCUT2D eigenvalue weighted by atomic mass is 10.1. The standard InChI is InChI=1S/C15H26N2O2/c1-3-12(2)17-11-13(10-14(17)18)15(19)16-8-6-4-5-7-9-16/h12-13H,3-11H2,1-2H3. The van der Waals surface area contributed by atoms with Gasteiger partial charge in [-0.25, -0.2) is 0 Å². The summed E-state index contributed by atoms with van der Waals surface area (Å²) in [4.78, 5) is 28.4. The van der Waals surface area contributed by atoms with E-state index in [1.165, 1.54) is 12.8 Å². The predicted octanol–water partition coefficient (Wildman–Crippen LogP) is 2.04. The summed E-state index contributed by atoms with van der Waals surface area (Å²) < 4.78 is 0. The fourth-order valence-corrected chi connectivity index (χ4v) is 3.09. The van der Waals surface area contributed by atoms with Gasteiger partial charge < -0.3 is 9.80 Å². The summed E-state index contributed by atoms with van der Waals surface area (Å²) in [7, 11) is 0. The van der Waals surface area contributed by atoms with Crippen molar-refractivity contribution in [3.63, 3.8) is 0 Å². The molecule has 0 saturated carbocycles. The van der Waals surface area contributed by atoms with Gasteiger partial charge in [0.15, 0.2) is 0 Å². The fraction of sp³-hybridized carbons (Fsp3) is 0.867. The molecule has 4 nitrogen and oxygen atoms in total. The highest BCUT2D eigenvalue weighted by molar-refractivity contribution is 5.89. The Kier molecular flexibility index (Phi) is 4.83. The van der Waals surface area contributed by atoms with Crippen molar-refractivity contribution in [3.05, 3.63) is 0 Å². The number of hydrogen-bond donors (Lipinski definition) is 0. The molecule has 0 aromatic rings. The zero-order valence-corrected chi connectivity index (χ0v) is 12.2. The van der Waals surface area contributed by atoms with Gasteiger partial charge in [-0.3, -0.25) is 9.59 Å². The van der Waals surface area contributed by atoms with Crippen LogP contribution in [0.5, 0.6) is 0 Å². The molecular formula is C15H26N2O2. The van der Waals surface area contributed by atoms with E-state index >= 15 is 0 Å². The zero-order valence-electron chi connectivity index (χ0n) is 12.2. The van der Waals surface area contributed by atoms with Crippen molar-refractivity contribution < 1.29 is 9.59 Å². The second-order valence-electron chi connectivity index (χ2n) is 5.94. The Morgan fingerprint density at radius 1 is 1.26 bits per heavy atom. The number of carbonyl (C=O) groups is 2. The van der Waals surface area contributed by atoms with Gasteiger partial charge >= 0.3 is 0 Å². The first-order valence-electron chi connectivity index (χ1n) is 7.71. The van der Waals surface area contributed by atoms with E-state index in [4.69, 9.17) is 0 Å². The van der Waals surface area contributed by atoms with Gasteiger partial charge in [0.05, 0.1) is 5.92 Å². The number of rotatable bonds is 3. The number of carbonyl (C=O) groups excluding carboxylic acids is 2. The van der Waals surface area contributed by atoms with Crippen LogP contribution in [0.4, 0.5) is 0 Å². The lowest BCUT2D eigenvalue weighted by molar-refractivity contribution is -0.135. The van der Waals surface area contributed by atoms with E-state index in [9.17, 15) is 9.59 Å². The molecule has 2 rings (SSSR count). The van der Waals surface area contributed by atoms with Gasteiger partial charge in [-0.1, -0.05) is 19.8 Å². The second-order valence-corrected chi connectivity index (χ2v) is 5.94. The van der Waals surface area contributed by atoms with Gasteiger partial charge in [0.1, 0.15) is 0 Å². The molecule has 0 radical (unpaired) electrons. The third kappa shape index (κ3) is 3.28. The Hall–Kier alpha value is -1.06. The number of amides is 2. The lowest BCUT2D eigenvalue weighted by Gasteiger charge is -2.26. The molecule has 2 aliphatic rings. The van der Waals surface area contributed by atoms with E-state index in [0.717, 1.165) is 32.4 Å². The van der Waals surface area contributed by atoms with Gasteiger partial charge in [0.2, 0.25) is 11.8 Å². The minimum atomic E-state index is -0.0976. The third-order valence-electron chi connectivity index (χ3n) is 4.55. The summed E-state index contributed by atoms with van der Waals surface area (Å²) in [6.07, 6.45) is 6.05. The fourth-order valence-electron chi connectivity index (χ4n) is 3.09. The van der Waals surface area contributed by atoms with Crippen LogP contribution in [0.3, 0.4) is 0 Å². The predicted molar refractivity (Wildman–Crippen MR) is 74.6 cm³/mol. The zero-order chi connectivity index (χ0) is 13.8. The van der Waals surface area contributed by atoms with Crippen LogP contribution in [0, 0.1) is 5.92 Å². The largest absolute Gasteiger partial charge is 0.342 e. The van der Waals surface area contributed by atoms with E-state index < -0.39 is 0 Å². The molecule has 0 aliphatic carbocycles. The minimum absolute atomic E-state index is 0.0976. The first kappa shape index (κ1) is 14.4. The molecule has 2 fully saturated rings. The summed E-state index contributed by atoms with van der Waals surface area (Å²) in [5.74, 6) is 0.267. The molecule has 0 N–H and O–H groups in total. The number of nitrogens with zero attached hydrogens (tertiary/aromatic N) is 2. The summed E-state index contributed by atoms with van der Waals surface area (Å²) in [5.41, 5.74) is 0. The van der Waals surface area contributed by atoms with E-state index in [1.807, 2.05) is 9.80 Å². The maximum Gasteiger partial charge on any atom is 0.227 e. The highest BCUT2D eigenvalue weighted by Gasteiger charge is 2.37. The van der Waals surface area contributed by atoms with E-state index in [1.54, 1.807) is 0 Å². The van der Waals surface area contributed by atoms with Crippen LogP contribution >= 0.6 is 0 Å². The van der Waals surface area contributed by atoms with Gasteiger partial charge in [-0.15, -0.1) is 0 Å². The lowest BCUT2D eigenvalue weighted by Crippen LogP contribution is -2.39. The Labute approximate surface area is 116 Å². The summed E-state index contributed by atoms with van der Waals surface area (Å²) in [5, 5.41) is 0. The molecule has 0 bridgehead atoms. The van der Waals surface area contributed by atoms with Crippen molar-refractivity contribution in [2.24, 2.45) is 5.92 Å². The van der Waals surface area contributed by atoms with Crippen molar-refractivity contribution in [3.8, 4) is 0 Å². The molecule has 0 aromatic heterocycles. The van der Waals surface area contributed by atoms with Crippen LogP contribution < -0.4 is 0 Å². The minimum Gasteiger partial charge on any atom is -0.342 e. The Morgan fingerprint density at radius 2 is 1.89 bits per heavy atom. The molecule has 0 spiro atoms. The molecule has 2 unspecified atom stereocenters. The first-order valence-corrected chi connectivity index (χ1v) is 7.71. The average Bonchev–Trinajstić information content (AvgIpc) is 2.65. The quantitative estimate of drug-likeness (QED) is 0.784. The van der Waals surface area contributed by atoms with Gasteiger partial charge in [0, 0.05) is 32.1 Å². The van der Waals surface area contributed by atoms with Crippen LogP contribution in [-0.2, 0) is 9.59 Å². The highest BCUT2D eigenvalue weighted by atomic mass is 16.2. The molecule has 0 aromatic carbocycles. The number of hydrogen-bond acceptors (Lipinski definition) is 2. The van der Waals surface area contributed by atoms with Crippen LogP contribution in [0.25, 0.3) is 0 Å². The monoisotopic (exact) mass is 266 g/mol. The Balaban J connectivity index is 1.95. The SMILES string of the molecule is CCC(C)N1CC(C(=O)N2CCCCCC2)CC1=O. The molecule has 2 amide bonds. The van der Waals surface area contributed by atoms with Crippen molar-refractivity contribution in [1.29, 1.82) is 0 Å².